The molecule has 1 N–H and O–H groups in total. The zero-order valence-electron chi connectivity index (χ0n) is 15.8. The minimum Gasteiger partial charge on any atom is -0.352 e. The van der Waals surface area contributed by atoms with Crippen LogP contribution in [0.3, 0.4) is 0 Å². The quantitative estimate of drug-likeness (QED) is 0.604. The first-order chi connectivity index (χ1) is 13.8. The molecule has 3 aromatic rings. The Morgan fingerprint density at radius 1 is 1.03 bits per heavy atom. The van der Waals surface area contributed by atoms with Crippen LogP contribution in [0.2, 0.25) is 0 Å². The molecule has 7 heteroatoms. The van der Waals surface area contributed by atoms with E-state index in [0.717, 1.165) is 25.0 Å². The Kier molecular flexibility index (Phi) is 6.26. The van der Waals surface area contributed by atoms with Crippen molar-refractivity contribution in [2.75, 3.05) is 6.54 Å². The van der Waals surface area contributed by atoms with Crippen molar-refractivity contribution in [3.8, 4) is 11.4 Å². The Labute approximate surface area is 166 Å². The Morgan fingerprint density at radius 2 is 1.72 bits per heavy atom. The van der Waals surface area contributed by atoms with Crippen molar-refractivity contribution in [3.63, 3.8) is 0 Å². The van der Waals surface area contributed by atoms with E-state index in [2.05, 4.69) is 15.3 Å². The summed E-state index contributed by atoms with van der Waals surface area (Å²) in [4.78, 5) is 20.8. The molecule has 0 unspecified atom stereocenters. The highest BCUT2D eigenvalue weighted by Gasteiger charge is 2.30. The van der Waals surface area contributed by atoms with E-state index in [9.17, 15) is 18.0 Å². The standard InChI is InChI=1S/C22H20F3N3O/c1-15-19(21(29)26-13-5-8-16-6-3-2-4-7-16)14-27-20(28-15)17-9-11-18(12-10-17)22(23,24)25/h2-4,6-7,9-12,14H,5,8,13H2,1H3,(H,26,29). The van der Waals surface area contributed by atoms with Crippen molar-refractivity contribution in [1.29, 1.82) is 0 Å². The van der Waals surface area contributed by atoms with Crippen LogP contribution in [-0.2, 0) is 12.6 Å². The summed E-state index contributed by atoms with van der Waals surface area (Å²) in [6.07, 6.45) is -1.32. The average Bonchev–Trinajstić information content (AvgIpc) is 2.71. The van der Waals surface area contributed by atoms with Gasteiger partial charge in [0.05, 0.1) is 16.8 Å². The molecule has 1 amide bonds. The van der Waals surface area contributed by atoms with Gasteiger partial charge in [-0.2, -0.15) is 13.2 Å². The van der Waals surface area contributed by atoms with Gasteiger partial charge in [-0.1, -0.05) is 42.5 Å². The number of aromatic nitrogens is 2. The molecular formula is C22H20F3N3O. The van der Waals surface area contributed by atoms with Crippen LogP contribution in [0.25, 0.3) is 11.4 Å². The maximum absolute atomic E-state index is 12.7. The molecule has 150 valence electrons. The fourth-order valence-corrected chi connectivity index (χ4v) is 2.87. The predicted molar refractivity (Wildman–Crippen MR) is 104 cm³/mol. The molecule has 0 atom stereocenters. The van der Waals surface area contributed by atoms with E-state index in [0.29, 0.717) is 23.4 Å². The maximum Gasteiger partial charge on any atom is 0.416 e. The molecule has 0 aliphatic carbocycles. The molecule has 29 heavy (non-hydrogen) atoms. The largest absolute Gasteiger partial charge is 0.416 e. The third-order valence-electron chi connectivity index (χ3n) is 4.46. The third kappa shape index (κ3) is 5.40. The molecule has 0 spiro atoms. The number of nitrogens with zero attached hydrogens (tertiary/aromatic N) is 2. The zero-order valence-corrected chi connectivity index (χ0v) is 15.8. The lowest BCUT2D eigenvalue weighted by Crippen LogP contribution is -2.26. The molecule has 2 aromatic carbocycles. The van der Waals surface area contributed by atoms with Gasteiger partial charge < -0.3 is 5.32 Å². The Morgan fingerprint density at radius 3 is 2.34 bits per heavy atom. The summed E-state index contributed by atoms with van der Waals surface area (Å²) in [7, 11) is 0. The summed E-state index contributed by atoms with van der Waals surface area (Å²) in [6.45, 7) is 2.20. The molecule has 0 saturated carbocycles. The number of nitrogens with one attached hydrogen (secondary N) is 1. The van der Waals surface area contributed by atoms with E-state index in [1.165, 1.54) is 23.9 Å². The smallest absolute Gasteiger partial charge is 0.352 e. The van der Waals surface area contributed by atoms with E-state index >= 15 is 0 Å². The highest BCUT2D eigenvalue weighted by molar-refractivity contribution is 5.95. The Bertz CT molecular complexity index is 971. The second-order valence-corrected chi connectivity index (χ2v) is 6.61. The van der Waals surface area contributed by atoms with E-state index in [4.69, 9.17) is 0 Å². The molecule has 0 bridgehead atoms. The lowest BCUT2D eigenvalue weighted by molar-refractivity contribution is -0.137. The minimum absolute atomic E-state index is 0.269. The maximum atomic E-state index is 12.7. The summed E-state index contributed by atoms with van der Waals surface area (Å²) >= 11 is 0. The normalized spacial score (nSPS) is 11.3. The van der Waals surface area contributed by atoms with Crippen molar-refractivity contribution in [1.82, 2.24) is 15.3 Å². The SMILES string of the molecule is Cc1nc(-c2ccc(C(F)(F)F)cc2)ncc1C(=O)NCCCc1ccccc1. The predicted octanol–water partition coefficient (Wildman–Crippen LogP) is 4.83. The second kappa shape index (κ2) is 8.86. The third-order valence-corrected chi connectivity index (χ3v) is 4.46. The molecule has 1 aromatic heterocycles. The molecule has 0 fully saturated rings. The Balaban J connectivity index is 1.60. The number of rotatable bonds is 6. The topological polar surface area (TPSA) is 54.9 Å². The first-order valence-corrected chi connectivity index (χ1v) is 9.18. The van der Waals surface area contributed by atoms with Gasteiger partial charge in [-0.25, -0.2) is 9.97 Å². The Hall–Kier alpha value is -3.22. The summed E-state index contributed by atoms with van der Waals surface area (Å²) < 4.78 is 38.0. The molecule has 0 radical (unpaired) electrons. The van der Waals surface area contributed by atoms with Gasteiger partial charge in [-0.05, 0) is 37.5 Å². The number of carbonyl (C=O) groups excluding carboxylic acids is 1. The summed E-state index contributed by atoms with van der Waals surface area (Å²) in [5.74, 6) is 0.00591. The zero-order chi connectivity index (χ0) is 20.9. The highest BCUT2D eigenvalue weighted by Crippen LogP contribution is 2.30. The average molecular weight is 399 g/mol. The van der Waals surface area contributed by atoms with Crippen LogP contribution in [0.15, 0.2) is 60.8 Å². The number of amides is 1. The highest BCUT2D eigenvalue weighted by atomic mass is 19.4. The van der Waals surface area contributed by atoms with Crippen molar-refractivity contribution in [2.24, 2.45) is 0 Å². The van der Waals surface area contributed by atoms with E-state index in [1.54, 1.807) is 6.92 Å². The van der Waals surface area contributed by atoms with E-state index < -0.39 is 11.7 Å². The second-order valence-electron chi connectivity index (χ2n) is 6.61. The molecular weight excluding hydrogens is 379 g/mol. The van der Waals surface area contributed by atoms with Gasteiger partial charge in [0.2, 0.25) is 0 Å². The van der Waals surface area contributed by atoms with Gasteiger partial charge in [0.15, 0.2) is 5.82 Å². The van der Waals surface area contributed by atoms with Gasteiger partial charge >= 0.3 is 6.18 Å². The number of halogens is 3. The number of aryl methyl sites for hydroxylation is 2. The first-order valence-electron chi connectivity index (χ1n) is 9.18. The molecule has 4 nitrogen and oxygen atoms in total. The number of hydrogen-bond acceptors (Lipinski definition) is 3. The van der Waals surface area contributed by atoms with Crippen LogP contribution in [0, 0.1) is 6.92 Å². The van der Waals surface area contributed by atoms with Gasteiger partial charge in [0.25, 0.3) is 5.91 Å². The number of hydrogen-bond donors (Lipinski definition) is 1. The summed E-state index contributed by atoms with van der Waals surface area (Å²) in [6, 6.07) is 14.6. The summed E-state index contributed by atoms with van der Waals surface area (Å²) in [5.41, 5.74) is 1.75. The molecule has 3 rings (SSSR count). The van der Waals surface area contributed by atoms with Gasteiger partial charge in [-0.3, -0.25) is 4.79 Å². The number of benzene rings is 2. The number of alkyl halides is 3. The van der Waals surface area contributed by atoms with Gasteiger partial charge in [0, 0.05) is 18.3 Å². The molecule has 0 aliphatic heterocycles. The fourth-order valence-electron chi connectivity index (χ4n) is 2.87. The lowest BCUT2D eigenvalue weighted by atomic mass is 10.1. The van der Waals surface area contributed by atoms with Crippen LogP contribution in [-0.4, -0.2) is 22.4 Å². The minimum atomic E-state index is -4.39. The van der Waals surface area contributed by atoms with Crippen LogP contribution >= 0.6 is 0 Å². The van der Waals surface area contributed by atoms with Crippen molar-refractivity contribution in [3.05, 3.63) is 83.2 Å². The van der Waals surface area contributed by atoms with Crippen LogP contribution in [0.4, 0.5) is 13.2 Å². The van der Waals surface area contributed by atoms with Crippen LogP contribution in [0.5, 0.6) is 0 Å². The van der Waals surface area contributed by atoms with Gasteiger partial charge in [0.1, 0.15) is 0 Å². The van der Waals surface area contributed by atoms with Crippen molar-refractivity contribution >= 4 is 5.91 Å². The fraction of sp³-hybridized carbons (Fsp3) is 0.227. The van der Waals surface area contributed by atoms with E-state index in [1.807, 2.05) is 30.3 Å². The lowest BCUT2D eigenvalue weighted by Gasteiger charge is -2.10. The van der Waals surface area contributed by atoms with Gasteiger partial charge in [-0.15, -0.1) is 0 Å². The molecule has 0 aliphatic rings. The van der Waals surface area contributed by atoms with Crippen LogP contribution in [0.1, 0.15) is 33.6 Å². The first kappa shape index (κ1) is 20.5. The number of carbonyl (C=O) groups is 1. The van der Waals surface area contributed by atoms with Crippen LogP contribution < -0.4 is 5.32 Å². The monoisotopic (exact) mass is 399 g/mol. The van der Waals surface area contributed by atoms with Crippen molar-refractivity contribution < 1.29 is 18.0 Å². The summed E-state index contributed by atoms with van der Waals surface area (Å²) in [5, 5.41) is 2.85. The van der Waals surface area contributed by atoms with E-state index in [-0.39, 0.29) is 11.7 Å². The van der Waals surface area contributed by atoms with Crippen molar-refractivity contribution in [2.45, 2.75) is 25.9 Å². The molecule has 0 saturated heterocycles. The molecule has 1 heterocycles.